The molecular weight excluding hydrogens is 195 g/mol. The fourth-order valence-corrected chi connectivity index (χ4v) is 2.75. The van der Waals surface area contributed by atoms with Crippen LogP contribution in [0.15, 0.2) is 49.1 Å². The molecule has 0 spiro atoms. The van der Waals surface area contributed by atoms with Crippen LogP contribution >= 0.6 is 8.45 Å². The fourth-order valence-electron chi connectivity index (χ4n) is 1.25. The van der Waals surface area contributed by atoms with Crippen molar-refractivity contribution < 1.29 is 4.52 Å². The van der Waals surface area contributed by atoms with Crippen molar-refractivity contribution in [2.24, 2.45) is 0 Å². The molecule has 0 aromatic carbocycles. The fraction of sp³-hybridized carbons (Fsp3) is 0.200. The third-order valence-electron chi connectivity index (χ3n) is 1.82. The first-order valence-electron chi connectivity index (χ1n) is 4.61. The average molecular weight is 208 g/mol. The Morgan fingerprint density at radius 1 is 0.929 bits per heavy atom. The summed E-state index contributed by atoms with van der Waals surface area (Å²) in [7, 11) is -0.744. The Morgan fingerprint density at radius 3 is 1.71 bits per heavy atom. The van der Waals surface area contributed by atoms with E-state index in [9.17, 15) is 0 Å². The van der Waals surface area contributed by atoms with E-state index in [2.05, 4.69) is 8.68 Å². The SMILES string of the molecule is CCOP(n1cccc1)n1cccc1. The van der Waals surface area contributed by atoms with Crippen LogP contribution in [-0.2, 0) is 4.52 Å². The lowest BCUT2D eigenvalue weighted by atomic mass is 10.7. The zero-order chi connectivity index (χ0) is 9.80. The van der Waals surface area contributed by atoms with Crippen LogP contribution in [0.4, 0.5) is 0 Å². The normalized spacial score (nSPS) is 11.0. The zero-order valence-electron chi connectivity index (χ0n) is 8.08. The molecule has 14 heavy (non-hydrogen) atoms. The minimum Gasteiger partial charge on any atom is -0.322 e. The molecule has 0 unspecified atom stereocenters. The minimum absolute atomic E-state index is 0.724. The average Bonchev–Trinajstić information content (AvgIpc) is 2.87. The van der Waals surface area contributed by atoms with Crippen molar-refractivity contribution in [3.8, 4) is 0 Å². The Kier molecular flexibility index (Phi) is 3.02. The predicted molar refractivity (Wildman–Crippen MR) is 58.2 cm³/mol. The number of rotatable bonds is 4. The molecule has 0 amide bonds. The van der Waals surface area contributed by atoms with Gasteiger partial charge in [0.1, 0.15) is 0 Å². The number of nitrogens with zero attached hydrogens (tertiary/aromatic N) is 2. The molecule has 0 radical (unpaired) electrons. The van der Waals surface area contributed by atoms with E-state index in [1.54, 1.807) is 0 Å². The monoisotopic (exact) mass is 208 g/mol. The minimum atomic E-state index is -0.744. The maximum atomic E-state index is 5.72. The summed E-state index contributed by atoms with van der Waals surface area (Å²) in [6, 6.07) is 8.05. The molecule has 0 atom stereocenters. The van der Waals surface area contributed by atoms with Crippen molar-refractivity contribution >= 4 is 8.45 Å². The Hall–Kier alpha value is -1.05. The second kappa shape index (κ2) is 4.45. The molecule has 2 aromatic heterocycles. The number of hydrogen-bond acceptors (Lipinski definition) is 1. The molecular formula is C10H13N2OP. The van der Waals surface area contributed by atoms with Crippen molar-refractivity contribution in [3.63, 3.8) is 0 Å². The van der Waals surface area contributed by atoms with Gasteiger partial charge in [0.2, 0.25) is 0 Å². The summed E-state index contributed by atoms with van der Waals surface area (Å²) in [5, 5.41) is 0. The summed E-state index contributed by atoms with van der Waals surface area (Å²) < 4.78 is 9.91. The maximum absolute atomic E-state index is 5.72. The molecule has 2 rings (SSSR count). The van der Waals surface area contributed by atoms with Gasteiger partial charge in [0.15, 0.2) is 0 Å². The highest BCUT2D eigenvalue weighted by Crippen LogP contribution is 2.39. The lowest BCUT2D eigenvalue weighted by molar-refractivity contribution is 0.368. The molecule has 4 heteroatoms. The second-order valence-corrected chi connectivity index (χ2v) is 4.48. The van der Waals surface area contributed by atoms with Crippen LogP contribution in [-0.4, -0.2) is 15.3 Å². The van der Waals surface area contributed by atoms with Crippen molar-refractivity contribution in [1.29, 1.82) is 0 Å². The lowest BCUT2D eigenvalue weighted by Crippen LogP contribution is -2.00. The summed E-state index contributed by atoms with van der Waals surface area (Å²) in [6.45, 7) is 2.74. The Balaban J connectivity index is 2.25. The molecule has 0 fully saturated rings. The largest absolute Gasteiger partial charge is 0.322 e. The van der Waals surface area contributed by atoms with E-state index in [-0.39, 0.29) is 0 Å². The van der Waals surface area contributed by atoms with Crippen molar-refractivity contribution in [2.45, 2.75) is 6.92 Å². The lowest BCUT2D eigenvalue weighted by Gasteiger charge is -2.18. The molecule has 0 bridgehead atoms. The van der Waals surface area contributed by atoms with Crippen LogP contribution in [0.3, 0.4) is 0 Å². The first kappa shape index (κ1) is 9.50. The van der Waals surface area contributed by atoms with Crippen LogP contribution < -0.4 is 0 Å². The van der Waals surface area contributed by atoms with Gasteiger partial charge in [-0.2, -0.15) is 0 Å². The van der Waals surface area contributed by atoms with Crippen LogP contribution in [0.2, 0.25) is 0 Å². The number of aromatic nitrogens is 2. The summed E-state index contributed by atoms with van der Waals surface area (Å²) >= 11 is 0. The third kappa shape index (κ3) is 1.89. The molecule has 0 aliphatic heterocycles. The molecule has 0 saturated carbocycles. The van der Waals surface area contributed by atoms with Gasteiger partial charge in [0.05, 0.1) is 6.61 Å². The Labute approximate surface area is 84.9 Å². The van der Waals surface area contributed by atoms with E-state index in [0.29, 0.717) is 0 Å². The van der Waals surface area contributed by atoms with Crippen LogP contribution in [0.5, 0.6) is 0 Å². The Bertz CT molecular complexity index is 321. The first-order chi connectivity index (χ1) is 6.92. The predicted octanol–water partition coefficient (Wildman–Crippen LogP) is 2.95. The summed E-state index contributed by atoms with van der Waals surface area (Å²) in [5.41, 5.74) is 0. The van der Waals surface area contributed by atoms with Crippen molar-refractivity contribution in [1.82, 2.24) is 8.68 Å². The molecule has 0 N–H and O–H groups in total. The smallest absolute Gasteiger partial charge is 0.256 e. The third-order valence-corrected chi connectivity index (χ3v) is 3.63. The molecule has 2 heterocycles. The molecule has 2 aromatic rings. The van der Waals surface area contributed by atoms with E-state index in [1.807, 2.05) is 56.0 Å². The van der Waals surface area contributed by atoms with Gasteiger partial charge in [0, 0.05) is 24.8 Å². The van der Waals surface area contributed by atoms with E-state index in [4.69, 9.17) is 4.52 Å². The van der Waals surface area contributed by atoms with E-state index in [0.717, 1.165) is 6.61 Å². The van der Waals surface area contributed by atoms with Gasteiger partial charge < -0.3 is 4.52 Å². The highest BCUT2D eigenvalue weighted by atomic mass is 31.2. The van der Waals surface area contributed by atoms with E-state index >= 15 is 0 Å². The second-order valence-electron chi connectivity index (χ2n) is 2.80. The van der Waals surface area contributed by atoms with E-state index in [1.165, 1.54) is 0 Å². The highest BCUT2D eigenvalue weighted by Gasteiger charge is 2.11. The molecule has 3 nitrogen and oxygen atoms in total. The van der Waals surface area contributed by atoms with Gasteiger partial charge in [-0.25, -0.2) is 0 Å². The van der Waals surface area contributed by atoms with Gasteiger partial charge in [-0.05, 0) is 31.2 Å². The standard InChI is InChI=1S/C10H13N2OP/c1-2-13-14(11-7-3-4-8-11)12-9-5-6-10-12/h3-10H,2H2,1H3. The highest BCUT2D eigenvalue weighted by molar-refractivity contribution is 7.49. The van der Waals surface area contributed by atoms with Gasteiger partial charge in [0.25, 0.3) is 8.45 Å². The van der Waals surface area contributed by atoms with Crippen LogP contribution in [0.1, 0.15) is 6.92 Å². The summed E-state index contributed by atoms with van der Waals surface area (Å²) in [5.74, 6) is 0. The molecule has 0 aliphatic rings. The topological polar surface area (TPSA) is 19.1 Å². The van der Waals surface area contributed by atoms with E-state index < -0.39 is 8.45 Å². The van der Waals surface area contributed by atoms with Gasteiger partial charge in [-0.1, -0.05) is 0 Å². The summed E-state index contributed by atoms with van der Waals surface area (Å²) in [4.78, 5) is 0. The van der Waals surface area contributed by atoms with Gasteiger partial charge in [-0.3, -0.25) is 8.68 Å². The van der Waals surface area contributed by atoms with Crippen LogP contribution in [0, 0.1) is 0 Å². The molecule has 0 saturated heterocycles. The quantitative estimate of drug-likeness (QED) is 0.707. The molecule has 0 aliphatic carbocycles. The van der Waals surface area contributed by atoms with Crippen LogP contribution in [0.25, 0.3) is 0 Å². The number of hydrogen-bond donors (Lipinski definition) is 0. The zero-order valence-corrected chi connectivity index (χ0v) is 8.97. The first-order valence-corrected chi connectivity index (χ1v) is 5.78. The Morgan fingerprint density at radius 2 is 1.36 bits per heavy atom. The maximum Gasteiger partial charge on any atom is 0.256 e. The molecule has 74 valence electrons. The van der Waals surface area contributed by atoms with Gasteiger partial charge >= 0.3 is 0 Å². The summed E-state index contributed by atoms with van der Waals surface area (Å²) in [6.07, 6.45) is 8.12. The van der Waals surface area contributed by atoms with Crippen molar-refractivity contribution in [2.75, 3.05) is 6.61 Å². The van der Waals surface area contributed by atoms with Gasteiger partial charge in [-0.15, -0.1) is 0 Å². The van der Waals surface area contributed by atoms with Crippen molar-refractivity contribution in [3.05, 3.63) is 49.1 Å².